The minimum atomic E-state index is -4.38. The van der Waals surface area contributed by atoms with Crippen molar-refractivity contribution in [1.82, 2.24) is 4.98 Å². The molecule has 0 unspecified atom stereocenters. The summed E-state index contributed by atoms with van der Waals surface area (Å²) in [5.41, 5.74) is 0.156. The third kappa shape index (κ3) is 3.82. The van der Waals surface area contributed by atoms with Crippen LogP contribution in [0.25, 0.3) is 0 Å². The molecule has 1 aromatic heterocycles. The van der Waals surface area contributed by atoms with E-state index in [0.717, 1.165) is 17.8 Å². The van der Waals surface area contributed by atoms with Gasteiger partial charge in [-0.05, 0) is 34.2 Å². The van der Waals surface area contributed by atoms with E-state index in [1.54, 1.807) is 22.6 Å². The number of halogens is 4. The van der Waals surface area contributed by atoms with Gasteiger partial charge in [-0.1, -0.05) is 30.3 Å². The van der Waals surface area contributed by atoms with Crippen molar-refractivity contribution < 1.29 is 17.9 Å². The fourth-order valence-electron chi connectivity index (χ4n) is 1.41. The zero-order chi connectivity index (χ0) is 13.9. The monoisotopic (exact) mass is 379 g/mol. The summed E-state index contributed by atoms with van der Waals surface area (Å²) in [6.45, 7) is 0.273. The fourth-order valence-corrected chi connectivity index (χ4v) is 2.04. The third-order valence-corrected chi connectivity index (χ3v) is 3.13. The summed E-state index contributed by atoms with van der Waals surface area (Å²) in [6.07, 6.45) is -3.60. The van der Waals surface area contributed by atoms with Gasteiger partial charge >= 0.3 is 6.18 Å². The van der Waals surface area contributed by atoms with E-state index in [1.807, 2.05) is 30.3 Å². The van der Waals surface area contributed by atoms with E-state index >= 15 is 0 Å². The molecular formula is C13H9F3INO. The summed E-state index contributed by atoms with van der Waals surface area (Å²) in [5, 5.41) is 0. The van der Waals surface area contributed by atoms with Crippen molar-refractivity contribution in [2.75, 3.05) is 0 Å². The Morgan fingerprint density at radius 2 is 1.84 bits per heavy atom. The van der Waals surface area contributed by atoms with Crippen molar-refractivity contribution in [2.24, 2.45) is 0 Å². The first-order valence-electron chi connectivity index (χ1n) is 5.36. The van der Waals surface area contributed by atoms with Crippen LogP contribution in [-0.4, -0.2) is 4.98 Å². The van der Waals surface area contributed by atoms with Gasteiger partial charge in [0.15, 0.2) is 0 Å². The van der Waals surface area contributed by atoms with Crippen LogP contribution in [0.1, 0.15) is 11.1 Å². The number of aromatic nitrogens is 1. The Labute approximate surface area is 121 Å². The highest BCUT2D eigenvalue weighted by atomic mass is 127. The first kappa shape index (κ1) is 14.1. The number of ether oxygens (including phenoxy) is 1. The maximum atomic E-state index is 12.5. The lowest BCUT2D eigenvalue weighted by Crippen LogP contribution is -2.07. The van der Waals surface area contributed by atoms with Crippen molar-refractivity contribution in [3.8, 4) is 5.88 Å². The van der Waals surface area contributed by atoms with Crippen LogP contribution in [0.15, 0.2) is 42.6 Å². The van der Waals surface area contributed by atoms with E-state index in [9.17, 15) is 13.2 Å². The van der Waals surface area contributed by atoms with Crippen molar-refractivity contribution in [2.45, 2.75) is 12.8 Å². The fraction of sp³-hybridized carbons (Fsp3) is 0.154. The van der Waals surface area contributed by atoms with E-state index in [-0.39, 0.29) is 12.5 Å². The minimum Gasteiger partial charge on any atom is -0.472 e. The van der Waals surface area contributed by atoms with Crippen LogP contribution < -0.4 is 4.74 Å². The van der Waals surface area contributed by atoms with Crippen molar-refractivity contribution in [3.05, 3.63) is 57.3 Å². The van der Waals surface area contributed by atoms with E-state index in [0.29, 0.717) is 3.57 Å². The van der Waals surface area contributed by atoms with Gasteiger partial charge in [0.05, 0.1) is 9.13 Å². The van der Waals surface area contributed by atoms with Crippen LogP contribution in [0.3, 0.4) is 0 Å². The summed E-state index contributed by atoms with van der Waals surface area (Å²) in [5.74, 6) is 0.206. The highest BCUT2D eigenvalue weighted by molar-refractivity contribution is 14.1. The second kappa shape index (κ2) is 5.77. The molecule has 0 aliphatic heterocycles. The average molecular weight is 379 g/mol. The quantitative estimate of drug-likeness (QED) is 0.743. The van der Waals surface area contributed by atoms with E-state index in [1.165, 1.54) is 0 Å². The van der Waals surface area contributed by atoms with Crippen LogP contribution in [-0.2, 0) is 12.8 Å². The third-order valence-electron chi connectivity index (χ3n) is 2.35. The predicted octanol–water partition coefficient (Wildman–Crippen LogP) is 4.28. The van der Waals surface area contributed by atoms with Gasteiger partial charge in [-0.25, -0.2) is 4.98 Å². The van der Waals surface area contributed by atoms with E-state index in [4.69, 9.17) is 4.74 Å². The van der Waals surface area contributed by atoms with Crippen molar-refractivity contribution >= 4 is 22.6 Å². The maximum absolute atomic E-state index is 12.5. The molecule has 1 heterocycles. The average Bonchev–Trinajstić information content (AvgIpc) is 2.37. The largest absolute Gasteiger partial charge is 0.472 e. The Hall–Kier alpha value is -1.31. The van der Waals surface area contributed by atoms with Crippen LogP contribution in [0.2, 0.25) is 0 Å². The summed E-state index contributed by atoms with van der Waals surface area (Å²) >= 11 is 1.78. The molecular weight excluding hydrogens is 370 g/mol. The van der Waals surface area contributed by atoms with Crippen LogP contribution in [0.5, 0.6) is 5.88 Å². The molecule has 0 aliphatic carbocycles. The van der Waals surface area contributed by atoms with Crippen molar-refractivity contribution in [3.63, 3.8) is 0 Å². The van der Waals surface area contributed by atoms with Gasteiger partial charge in [-0.15, -0.1) is 0 Å². The maximum Gasteiger partial charge on any atom is 0.417 e. The molecule has 0 radical (unpaired) electrons. The number of rotatable bonds is 3. The molecule has 6 heteroatoms. The SMILES string of the molecule is FC(F)(F)c1cnc(OCc2ccccc2)c(I)c1. The molecule has 2 nitrogen and oxygen atoms in total. The van der Waals surface area contributed by atoms with Gasteiger partial charge < -0.3 is 4.74 Å². The second-order valence-electron chi connectivity index (χ2n) is 3.78. The van der Waals surface area contributed by atoms with Gasteiger partial charge in [0, 0.05) is 6.20 Å². The summed E-state index contributed by atoms with van der Waals surface area (Å²) in [4.78, 5) is 3.71. The van der Waals surface area contributed by atoms with E-state index in [2.05, 4.69) is 4.98 Å². The summed E-state index contributed by atoms with van der Waals surface area (Å²) in [7, 11) is 0. The van der Waals surface area contributed by atoms with Crippen LogP contribution in [0, 0.1) is 3.57 Å². The number of alkyl halides is 3. The molecule has 0 saturated heterocycles. The van der Waals surface area contributed by atoms with Gasteiger partial charge in [0.1, 0.15) is 6.61 Å². The van der Waals surface area contributed by atoms with Gasteiger partial charge in [0.2, 0.25) is 5.88 Å². The molecule has 0 spiro atoms. The highest BCUT2D eigenvalue weighted by Gasteiger charge is 2.31. The summed E-state index contributed by atoms with van der Waals surface area (Å²) < 4.78 is 43.1. The Bertz CT molecular complexity index is 558. The Morgan fingerprint density at radius 3 is 2.42 bits per heavy atom. The lowest BCUT2D eigenvalue weighted by Gasteiger charge is -2.10. The first-order chi connectivity index (χ1) is 8.97. The Balaban J connectivity index is 2.10. The number of pyridine rings is 1. The van der Waals surface area contributed by atoms with Gasteiger partial charge in [-0.2, -0.15) is 13.2 Å². The molecule has 0 aliphatic rings. The Morgan fingerprint density at radius 1 is 1.16 bits per heavy atom. The molecule has 0 atom stereocenters. The smallest absolute Gasteiger partial charge is 0.417 e. The molecule has 2 aromatic rings. The number of hydrogen-bond acceptors (Lipinski definition) is 2. The number of hydrogen-bond donors (Lipinski definition) is 0. The number of nitrogens with zero attached hydrogens (tertiary/aromatic N) is 1. The lowest BCUT2D eigenvalue weighted by atomic mass is 10.2. The standard InChI is InChI=1S/C13H9F3INO/c14-13(15,16)10-6-11(17)12(18-7-10)19-8-9-4-2-1-3-5-9/h1-7H,8H2. The molecule has 2 rings (SSSR count). The minimum absolute atomic E-state index is 0.206. The lowest BCUT2D eigenvalue weighted by molar-refractivity contribution is -0.137. The zero-order valence-corrected chi connectivity index (χ0v) is 11.8. The molecule has 0 fully saturated rings. The highest BCUT2D eigenvalue weighted by Crippen LogP contribution is 2.31. The predicted molar refractivity (Wildman–Crippen MR) is 72.7 cm³/mol. The normalized spacial score (nSPS) is 11.4. The zero-order valence-electron chi connectivity index (χ0n) is 9.62. The Kier molecular flexibility index (Phi) is 4.28. The topological polar surface area (TPSA) is 22.1 Å². The number of benzene rings is 1. The second-order valence-corrected chi connectivity index (χ2v) is 4.95. The molecule has 1 aromatic carbocycles. The van der Waals surface area contributed by atoms with Crippen molar-refractivity contribution in [1.29, 1.82) is 0 Å². The first-order valence-corrected chi connectivity index (χ1v) is 6.44. The molecule has 19 heavy (non-hydrogen) atoms. The molecule has 0 N–H and O–H groups in total. The molecule has 100 valence electrons. The van der Waals surface area contributed by atoms with Crippen LogP contribution >= 0.6 is 22.6 Å². The summed E-state index contributed by atoms with van der Waals surface area (Å²) in [6, 6.07) is 10.4. The van der Waals surface area contributed by atoms with Gasteiger partial charge in [0.25, 0.3) is 0 Å². The van der Waals surface area contributed by atoms with Gasteiger partial charge in [-0.3, -0.25) is 0 Å². The molecule has 0 bridgehead atoms. The molecule has 0 amide bonds. The van der Waals surface area contributed by atoms with Crippen LogP contribution in [0.4, 0.5) is 13.2 Å². The van der Waals surface area contributed by atoms with E-state index < -0.39 is 11.7 Å². The molecule has 0 saturated carbocycles.